The molecule has 1 unspecified atom stereocenters. The van der Waals surface area contributed by atoms with Crippen molar-refractivity contribution in [1.29, 1.82) is 0 Å². The number of rotatable bonds is 4. The van der Waals surface area contributed by atoms with Gasteiger partial charge in [-0.3, -0.25) is 0 Å². The molecule has 4 nitrogen and oxygen atoms in total. The molecule has 2 amide bonds. The summed E-state index contributed by atoms with van der Waals surface area (Å²) in [5.74, 6) is 0.786. The van der Waals surface area contributed by atoms with Gasteiger partial charge in [0.25, 0.3) is 0 Å². The molecule has 0 bridgehead atoms. The molecule has 1 aliphatic carbocycles. The molecule has 0 radical (unpaired) electrons. The summed E-state index contributed by atoms with van der Waals surface area (Å²) in [6.07, 6.45) is 2.65. The zero-order valence-corrected chi connectivity index (χ0v) is 11.6. The highest BCUT2D eigenvalue weighted by molar-refractivity contribution is 5.92. The van der Waals surface area contributed by atoms with Crippen molar-refractivity contribution in [3.05, 3.63) is 29.3 Å². The molecule has 1 aromatic rings. The molecule has 0 spiro atoms. The number of benzene rings is 1. The quantitative estimate of drug-likeness (QED) is 0.873. The van der Waals surface area contributed by atoms with Gasteiger partial charge in [0.1, 0.15) is 0 Å². The molecule has 1 fully saturated rings. The monoisotopic (exact) mass is 259 g/mol. The normalized spacial score (nSPS) is 19.9. The van der Waals surface area contributed by atoms with E-state index in [1.807, 2.05) is 13.1 Å². The van der Waals surface area contributed by atoms with Gasteiger partial charge in [-0.05, 0) is 42.5 Å². The van der Waals surface area contributed by atoms with Crippen molar-refractivity contribution in [2.45, 2.75) is 32.4 Å². The van der Waals surface area contributed by atoms with Crippen LogP contribution in [0.15, 0.2) is 18.2 Å². The van der Waals surface area contributed by atoms with Crippen LogP contribution in [0.3, 0.4) is 0 Å². The number of urea groups is 1. The number of hydrogen-bond donors (Lipinski definition) is 2. The van der Waals surface area contributed by atoms with Crippen LogP contribution in [-0.4, -0.2) is 24.5 Å². The van der Waals surface area contributed by atoms with Crippen LogP contribution in [0.1, 0.15) is 36.9 Å². The standard InChI is InChI=1S/C15H21N3O/c1-3-16-14(10-4-5-10)11-6-7-13-12(8-11)9-18(2)15(19)17-13/h6-8,10,14,16H,3-5,9H2,1-2H3,(H,17,19). The Balaban J connectivity index is 1.87. The van der Waals surface area contributed by atoms with Crippen LogP contribution in [0.4, 0.5) is 10.5 Å². The zero-order valence-electron chi connectivity index (χ0n) is 11.6. The van der Waals surface area contributed by atoms with Crippen molar-refractivity contribution in [2.75, 3.05) is 18.9 Å². The van der Waals surface area contributed by atoms with Gasteiger partial charge >= 0.3 is 6.03 Å². The largest absolute Gasteiger partial charge is 0.323 e. The number of fused-ring (bicyclic) bond motifs is 1. The average molecular weight is 259 g/mol. The molecule has 0 saturated heterocycles. The third kappa shape index (κ3) is 2.45. The Bertz CT molecular complexity index is 496. The molecule has 2 N–H and O–H groups in total. The van der Waals surface area contributed by atoms with Crippen molar-refractivity contribution in [1.82, 2.24) is 10.2 Å². The van der Waals surface area contributed by atoms with E-state index in [1.54, 1.807) is 4.90 Å². The highest BCUT2D eigenvalue weighted by Crippen LogP contribution is 2.41. The van der Waals surface area contributed by atoms with Crippen LogP contribution < -0.4 is 10.6 Å². The molecule has 4 heteroatoms. The smallest absolute Gasteiger partial charge is 0.321 e. The SMILES string of the molecule is CCNC(c1ccc2c(c1)CN(C)C(=O)N2)C1CC1. The second kappa shape index (κ2) is 4.85. The van der Waals surface area contributed by atoms with Gasteiger partial charge in [0.15, 0.2) is 0 Å². The van der Waals surface area contributed by atoms with Crippen molar-refractivity contribution in [3.63, 3.8) is 0 Å². The third-order valence-electron chi connectivity index (χ3n) is 4.00. The summed E-state index contributed by atoms with van der Waals surface area (Å²) in [6, 6.07) is 6.89. The van der Waals surface area contributed by atoms with Gasteiger partial charge in [0.2, 0.25) is 0 Å². The van der Waals surface area contributed by atoms with E-state index in [9.17, 15) is 4.79 Å². The minimum absolute atomic E-state index is 0.0225. The van der Waals surface area contributed by atoms with Crippen LogP contribution in [0.2, 0.25) is 0 Å². The highest BCUT2D eigenvalue weighted by Gasteiger charge is 2.32. The minimum atomic E-state index is -0.0225. The summed E-state index contributed by atoms with van der Waals surface area (Å²) in [7, 11) is 1.83. The maximum absolute atomic E-state index is 11.6. The lowest BCUT2D eigenvalue weighted by atomic mass is 9.98. The molecule has 1 aliphatic heterocycles. The van der Waals surface area contributed by atoms with E-state index in [0.29, 0.717) is 12.6 Å². The number of carbonyl (C=O) groups excluding carboxylic acids is 1. The Morgan fingerprint density at radius 3 is 2.95 bits per heavy atom. The lowest BCUT2D eigenvalue weighted by Crippen LogP contribution is -2.35. The number of anilines is 1. The summed E-state index contributed by atoms with van der Waals surface area (Å²) < 4.78 is 0. The molecule has 2 aliphatic rings. The van der Waals surface area contributed by atoms with Gasteiger partial charge in [-0.15, -0.1) is 0 Å². The van der Waals surface area contributed by atoms with Crippen LogP contribution in [0.5, 0.6) is 0 Å². The Kier molecular flexibility index (Phi) is 3.19. The van der Waals surface area contributed by atoms with Crippen molar-refractivity contribution in [3.8, 4) is 0 Å². The van der Waals surface area contributed by atoms with E-state index >= 15 is 0 Å². The van der Waals surface area contributed by atoms with Gasteiger partial charge in [0.05, 0.1) is 0 Å². The molecular formula is C15H21N3O. The number of nitrogens with one attached hydrogen (secondary N) is 2. The molecule has 1 atom stereocenters. The fourth-order valence-corrected chi connectivity index (χ4v) is 2.80. The molecule has 0 aromatic heterocycles. The number of nitrogens with zero attached hydrogens (tertiary/aromatic N) is 1. The van der Waals surface area contributed by atoms with E-state index in [2.05, 4.69) is 29.7 Å². The average Bonchev–Trinajstić information content (AvgIpc) is 3.21. The Morgan fingerprint density at radius 1 is 1.47 bits per heavy atom. The number of hydrogen-bond acceptors (Lipinski definition) is 2. The minimum Gasteiger partial charge on any atom is -0.323 e. The molecule has 19 heavy (non-hydrogen) atoms. The zero-order chi connectivity index (χ0) is 13.4. The fraction of sp³-hybridized carbons (Fsp3) is 0.533. The van der Waals surface area contributed by atoms with Crippen molar-refractivity contribution in [2.24, 2.45) is 5.92 Å². The van der Waals surface area contributed by atoms with E-state index in [4.69, 9.17) is 0 Å². The number of carbonyl (C=O) groups is 1. The maximum Gasteiger partial charge on any atom is 0.321 e. The van der Waals surface area contributed by atoms with Gasteiger partial charge in [-0.1, -0.05) is 19.1 Å². The lowest BCUT2D eigenvalue weighted by molar-refractivity contribution is 0.218. The predicted octanol–water partition coefficient (Wildman–Crippen LogP) is 2.72. The van der Waals surface area contributed by atoms with E-state index in [0.717, 1.165) is 18.2 Å². The third-order valence-corrected chi connectivity index (χ3v) is 4.00. The van der Waals surface area contributed by atoms with Gasteiger partial charge < -0.3 is 15.5 Å². The first-order chi connectivity index (χ1) is 9.19. The summed E-state index contributed by atoms with van der Waals surface area (Å²) in [4.78, 5) is 13.3. The number of amides is 2. The maximum atomic E-state index is 11.6. The van der Waals surface area contributed by atoms with Crippen LogP contribution in [0.25, 0.3) is 0 Å². The highest BCUT2D eigenvalue weighted by atomic mass is 16.2. The van der Waals surface area contributed by atoms with Gasteiger partial charge in [0, 0.05) is 25.3 Å². The Labute approximate surface area is 114 Å². The first-order valence-corrected chi connectivity index (χ1v) is 7.07. The van der Waals surface area contributed by atoms with Crippen molar-refractivity contribution >= 4 is 11.7 Å². The van der Waals surface area contributed by atoms with Crippen molar-refractivity contribution < 1.29 is 4.79 Å². The van der Waals surface area contributed by atoms with Crippen LogP contribution in [0, 0.1) is 5.92 Å². The van der Waals surface area contributed by atoms with E-state index in [-0.39, 0.29) is 6.03 Å². The predicted molar refractivity (Wildman–Crippen MR) is 76.1 cm³/mol. The summed E-state index contributed by atoms with van der Waals surface area (Å²) in [6.45, 7) is 3.84. The van der Waals surface area contributed by atoms with E-state index < -0.39 is 0 Å². The molecule has 1 heterocycles. The molecule has 1 aromatic carbocycles. The first-order valence-electron chi connectivity index (χ1n) is 7.07. The molecule has 1 saturated carbocycles. The second-order valence-electron chi connectivity index (χ2n) is 5.58. The van der Waals surface area contributed by atoms with Gasteiger partial charge in [-0.2, -0.15) is 0 Å². The van der Waals surface area contributed by atoms with Crippen LogP contribution >= 0.6 is 0 Å². The second-order valence-corrected chi connectivity index (χ2v) is 5.58. The summed E-state index contributed by atoms with van der Waals surface area (Å²) in [5, 5.41) is 6.51. The molecule has 102 valence electrons. The Hall–Kier alpha value is -1.55. The topological polar surface area (TPSA) is 44.4 Å². The Morgan fingerprint density at radius 2 is 2.26 bits per heavy atom. The lowest BCUT2D eigenvalue weighted by Gasteiger charge is -2.27. The van der Waals surface area contributed by atoms with Gasteiger partial charge in [-0.25, -0.2) is 4.79 Å². The van der Waals surface area contributed by atoms with E-state index in [1.165, 1.54) is 24.0 Å². The molecular weight excluding hydrogens is 238 g/mol. The fourth-order valence-electron chi connectivity index (χ4n) is 2.80. The summed E-state index contributed by atoms with van der Waals surface area (Å²) in [5.41, 5.74) is 3.52. The molecule has 3 rings (SSSR count). The first kappa shape index (κ1) is 12.5. The van der Waals surface area contributed by atoms with Crippen LogP contribution in [-0.2, 0) is 6.54 Å². The summed E-state index contributed by atoms with van der Waals surface area (Å²) >= 11 is 0.